The minimum Gasteiger partial charge on any atom is -0.481 e. The zero-order valence-electron chi connectivity index (χ0n) is 9.67. The van der Waals surface area contributed by atoms with Crippen LogP contribution in [0.4, 0.5) is 0 Å². The first-order valence-electron chi connectivity index (χ1n) is 4.97. The average Bonchev–Trinajstić information content (AvgIpc) is 2.30. The normalized spacial score (nSPS) is 8.59. The zero-order valence-corrected chi connectivity index (χ0v) is 9.67. The number of carbonyl (C=O) groups is 3. The number of benzene rings is 1. The Kier molecular flexibility index (Phi) is 7.01. The Hall–Kier alpha value is -2.17. The van der Waals surface area contributed by atoms with Crippen molar-refractivity contribution in [2.24, 2.45) is 0 Å². The topological polar surface area (TPSA) is 80.7 Å². The SMILES string of the molecule is CC(=O)OC(=O)c1ccccc1.CCC(=O)O. The smallest absolute Gasteiger partial charge is 0.345 e. The van der Waals surface area contributed by atoms with E-state index < -0.39 is 17.9 Å². The van der Waals surface area contributed by atoms with E-state index in [1.807, 2.05) is 0 Å². The van der Waals surface area contributed by atoms with Crippen LogP contribution >= 0.6 is 0 Å². The summed E-state index contributed by atoms with van der Waals surface area (Å²) >= 11 is 0. The van der Waals surface area contributed by atoms with Gasteiger partial charge in [0.15, 0.2) is 0 Å². The molecule has 0 saturated carbocycles. The molecule has 0 aromatic heterocycles. The molecule has 1 aromatic rings. The lowest BCUT2D eigenvalue weighted by Gasteiger charge is -1.97. The van der Waals surface area contributed by atoms with Crippen LogP contribution in [0.1, 0.15) is 30.6 Å². The molecule has 0 aliphatic heterocycles. The van der Waals surface area contributed by atoms with Gasteiger partial charge in [0.05, 0.1) is 5.56 Å². The highest BCUT2D eigenvalue weighted by Gasteiger charge is 2.07. The number of ether oxygens (including phenoxy) is 1. The molecule has 92 valence electrons. The van der Waals surface area contributed by atoms with Gasteiger partial charge in [0.25, 0.3) is 0 Å². The highest BCUT2D eigenvalue weighted by molar-refractivity contribution is 5.96. The lowest BCUT2D eigenvalue weighted by atomic mass is 10.2. The van der Waals surface area contributed by atoms with Crippen molar-refractivity contribution in [1.82, 2.24) is 0 Å². The molecule has 0 amide bonds. The van der Waals surface area contributed by atoms with Gasteiger partial charge in [0.1, 0.15) is 0 Å². The van der Waals surface area contributed by atoms with E-state index in [1.54, 1.807) is 37.3 Å². The predicted octanol–water partition coefficient (Wildman–Crippen LogP) is 1.87. The second-order valence-electron chi connectivity index (χ2n) is 2.99. The van der Waals surface area contributed by atoms with Gasteiger partial charge in [0, 0.05) is 13.3 Å². The highest BCUT2D eigenvalue weighted by Crippen LogP contribution is 2.00. The van der Waals surface area contributed by atoms with Gasteiger partial charge in [-0.15, -0.1) is 0 Å². The van der Waals surface area contributed by atoms with Gasteiger partial charge in [-0.2, -0.15) is 0 Å². The molecule has 0 unspecified atom stereocenters. The Bertz CT molecular complexity index is 383. The number of hydrogen-bond acceptors (Lipinski definition) is 4. The van der Waals surface area contributed by atoms with Crippen LogP contribution in [0, 0.1) is 0 Å². The number of esters is 2. The molecule has 0 aliphatic rings. The van der Waals surface area contributed by atoms with Crippen LogP contribution in [0.5, 0.6) is 0 Å². The fourth-order valence-electron chi connectivity index (χ4n) is 0.764. The second-order valence-corrected chi connectivity index (χ2v) is 2.99. The summed E-state index contributed by atoms with van der Waals surface area (Å²) in [6.07, 6.45) is 0.222. The Morgan fingerprint density at radius 2 is 1.65 bits per heavy atom. The van der Waals surface area contributed by atoms with E-state index in [9.17, 15) is 14.4 Å². The lowest BCUT2D eigenvalue weighted by Crippen LogP contribution is -2.08. The lowest BCUT2D eigenvalue weighted by molar-refractivity contribution is -0.137. The van der Waals surface area contributed by atoms with Crippen LogP contribution in [0.3, 0.4) is 0 Å². The molecule has 5 nitrogen and oxygen atoms in total. The van der Waals surface area contributed by atoms with Crippen molar-refractivity contribution in [2.75, 3.05) is 0 Å². The average molecular weight is 238 g/mol. The quantitative estimate of drug-likeness (QED) is 0.628. The largest absolute Gasteiger partial charge is 0.481 e. The van der Waals surface area contributed by atoms with Crippen molar-refractivity contribution in [1.29, 1.82) is 0 Å². The summed E-state index contributed by atoms with van der Waals surface area (Å²) in [6.45, 7) is 2.79. The standard InChI is InChI=1S/C9H8O3.C3H6O2/c1-7(10)12-9(11)8-5-3-2-4-6-8;1-2-3(4)5/h2-6H,1H3;2H2,1H3,(H,4,5). The Labute approximate surface area is 99.0 Å². The third-order valence-electron chi connectivity index (χ3n) is 1.55. The van der Waals surface area contributed by atoms with Crippen molar-refractivity contribution in [3.8, 4) is 0 Å². The molecule has 5 heteroatoms. The predicted molar refractivity (Wildman–Crippen MR) is 60.5 cm³/mol. The van der Waals surface area contributed by atoms with E-state index in [0.29, 0.717) is 5.56 Å². The van der Waals surface area contributed by atoms with E-state index in [1.165, 1.54) is 6.92 Å². The Morgan fingerprint density at radius 3 is 2.00 bits per heavy atom. The van der Waals surface area contributed by atoms with Gasteiger partial charge in [-0.05, 0) is 12.1 Å². The van der Waals surface area contributed by atoms with E-state index in [2.05, 4.69) is 4.74 Å². The van der Waals surface area contributed by atoms with Gasteiger partial charge in [-0.1, -0.05) is 25.1 Å². The number of rotatable bonds is 2. The van der Waals surface area contributed by atoms with E-state index >= 15 is 0 Å². The fourth-order valence-corrected chi connectivity index (χ4v) is 0.764. The number of carbonyl (C=O) groups excluding carboxylic acids is 2. The molecule has 1 rings (SSSR count). The first kappa shape index (κ1) is 14.8. The summed E-state index contributed by atoms with van der Waals surface area (Å²) in [5.74, 6) is -1.95. The minimum atomic E-state index is -0.745. The molecule has 0 bridgehead atoms. The van der Waals surface area contributed by atoms with Gasteiger partial charge in [-0.25, -0.2) is 4.79 Å². The third kappa shape index (κ3) is 7.72. The monoisotopic (exact) mass is 238 g/mol. The fraction of sp³-hybridized carbons (Fsp3) is 0.250. The molecule has 0 aliphatic carbocycles. The highest BCUT2D eigenvalue weighted by atomic mass is 16.6. The van der Waals surface area contributed by atoms with Crippen LogP contribution in [0.15, 0.2) is 30.3 Å². The van der Waals surface area contributed by atoms with E-state index in [4.69, 9.17) is 5.11 Å². The summed E-state index contributed by atoms with van der Waals surface area (Å²) in [6, 6.07) is 8.37. The number of aliphatic carboxylic acids is 1. The summed E-state index contributed by atoms with van der Waals surface area (Å²) in [5, 5.41) is 7.72. The first-order chi connectivity index (χ1) is 7.97. The molecule has 0 spiro atoms. The molecular weight excluding hydrogens is 224 g/mol. The van der Waals surface area contributed by atoms with Crippen molar-refractivity contribution < 1.29 is 24.2 Å². The number of carboxylic acids is 1. The van der Waals surface area contributed by atoms with Crippen molar-refractivity contribution in [3.63, 3.8) is 0 Å². The summed E-state index contributed by atoms with van der Waals surface area (Å²) in [5.41, 5.74) is 0.382. The van der Waals surface area contributed by atoms with Crippen LogP contribution in [0.2, 0.25) is 0 Å². The van der Waals surface area contributed by atoms with Crippen molar-refractivity contribution in [2.45, 2.75) is 20.3 Å². The first-order valence-corrected chi connectivity index (χ1v) is 4.97. The van der Waals surface area contributed by atoms with Gasteiger partial charge < -0.3 is 9.84 Å². The summed E-state index contributed by atoms with van der Waals surface area (Å²) < 4.78 is 4.36. The maximum absolute atomic E-state index is 11.0. The molecule has 1 N–H and O–H groups in total. The molecule has 17 heavy (non-hydrogen) atoms. The van der Waals surface area contributed by atoms with Crippen LogP contribution < -0.4 is 0 Å². The summed E-state index contributed by atoms with van der Waals surface area (Å²) in [7, 11) is 0. The molecule has 0 saturated heterocycles. The Balaban J connectivity index is 0.000000437. The molecule has 1 aromatic carbocycles. The zero-order chi connectivity index (χ0) is 13.3. The van der Waals surface area contributed by atoms with E-state index in [0.717, 1.165) is 0 Å². The molecule has 0 heterocycles. The van der Waals surface area contributed by atoms with Gasteiger partial charge in [-0.3, -0.25) is 9.59 Å². The second kappa shape index (κ2) is 8.04. The van der Waals surface area contributed by atoms with E-state index in [-0.39, 0.29) is 6.42 Å². The van der Waals surface area contributed by atoms with Crippen LogP contribution in [-0.2, 0) is 14.3 Å². The van der Waals surface area contributed by atoms with Crippen LogP contribution in [0.25, 0.3) is 0 Å². The third-order valence-corrected chi connectivity index (χ3v) is 1.55. The molecular formula is C12H14O5. The molecule has 0 fully saturated rings. The van der Waals surface area contributed by atoms with Crippen LogP contribution in [-0.4, -0.2) is 23.0 Å². The molecule has 0 radical (unpaired) electrons. The van der Waals surface area contributed by atoms with Gasteiger partial charge >= 0.3 is 17.9 Å². The Morgan fingerprint density at radius 1 is 1.18 bits per heavy atom. The maximum atomic E-state index is 11.0. The summed E-state index contributed by atoms with van der Waals surface area (Å²) in [4.78, 5) is 30.8. The maximum Gasteiger partial charge on any atom is 0.345 e. The molecule has 0 atom stereocenters. The van der Waals surface area contributed by atoms with Crippen molar-refractivity contribution >= 4 is 17.9 Å². The minimum absolute atomic E-state index is 0.222. The van der Waals surface area contributed by atoms with Gasteiger partial charge in [0.2, 0.25) is 0 Å². The number of hydrogen-bond donors (Lipinski definition) is 1. The number of carboxylic acid groups (broad SMARTS) is 1. The van der Waals surface area contributed by atoms with Crippen molar-refractivity contribution in [3.05, 3.63) is 35.9 Å².